The van der Waals surface area contributed by atoms with Crippen molar-refractivity contribution in [3.63, 3.8) is 0 Å². The van der Waals surface area contributed by atoms with Crippen molar-refractivity contribution in [2.75, 3.05) is 18.1 Å². The Hall–Kier alpha value is -0.320. The molecule has 0 saturated carbocycles. The number of hydrogen-bond acceptors (Lipinski definition) is 2. The minimum atomic E-state index is -0.160. The Morgan fingerprint density at radius 1 is 1.59 bits per heavy atom. The highest BCUT2D eigenvalue weighted by molar-refractivity contribution is 9.10. The first kappa shape index (κ1) is 14.7. The molecule has 0 fully saturated rings. The highest BCUT2D eigenvalue weighted by atomic mass is 79.9. The van der Waals surface area contributed by atoms with Gasteiger partial charge in [-0.15, -0.1) is 6.58 Å². The van der Waals surface area contributed by atoms with Crippen LogP contribution in [0, 0.1) is 5.82 Å². The van der Waals surface area contributed by atoms with Crippen LogP contribution in [-0.4, -0.2) is 18.1 Å². The summed E-state index contributed by atoms with van der Waals surface area (Å²) >= 11 is 5.17. The first-order chi connectivity index (χ1) is 8.15. The number of hydrogen-bond donors (Lipinski definition) is 1. The van der Waals surface area contributed by atoms with Gasteiger partial charge < -0.3 is 5.32 Å². The van der Waals surface area contributed by atoms with Gasteiger partial charge in [-0.1, -0.05) is 22.0 Å². The molecule has 17 heavy (non-hydrogen) atoms. The molecule has 1 N–H and O–H groups in total. The van der Waals surface area contributed by atoms with Crippen molar-refractivity contribution in [2.45, 2.75) is 13.0 Å². The minimum Gasteiger partial charge on any atom is -0.309 e. The van der Waals surface area contributed by atoms with Gasteiger partial charge in [0.1, 0.15) is 5.82 Å². The molecule has 0 bridgehead atoms. The number of halogens is 2. The van der Waals surface area contributed by atoms with Gasteiger partial charge in [-0.25, -0.2) is 4.39 Å². The molecule has 0 amide bonds. The standard InChI is InChI=1S/C13H17BrFNS/c1-3-7-17-8-6-16-10(2)12-9-11(14)4-5-13(12)15/h3-5,9-10,16H,1,6-8H2,2H3. The lowest BCUT2D eigenvalue weighted by Crippen LogP contribution is -2.22. The second kappa shape index (κ2) is 7.90. The maximum Gasteiger partial charge on any atom is 0.128 e. The largest absolute Gasteiger partial charge is 0.309 e. The molecule has 0 heterocycles. The van der Waals surface area contributed by atoms with E-state index in [1.54, 1.807) is 6.07 Å². The monoisotopic (exact) mass is 317 g/mol. The van der Waals surface area contributed by atoms with Crippen molar-refractivity contribution >= 4 is 27.7 Å². The van der Waals surface area contributed by atoms with Gasteiger partial charge in [0.05, 0.1) is 0 Å². The van der Waals surface area contributed by atoms with E-state index in [4.69, 9.17) is 0 Å². The van der Waals surface area contributed by atoms with Crippen LogP contribution < -0.4 is 5.32 Å². The third-order valence-electron chi connectivity index (χ3n) is 2.36. The number of rotatable bonds is 7. The zero-order valence-corrected chi connectivity index (χ0v) is 12.3. The third kappa shape index (κ3) is 5.23. The molecular formula is C13H17BrFNS. The molecule has 1 rings (SSSR count). The summed E-state index contributed by atoms with van der Waals surface area (Å²) in [6.45, 7) is 6.51. The molecule has 0 aromatic heterocycles. The van der Waals surface area contributed by atoms with Crippen LogP contribution in [-0.2, 0) is 0 Å². The van der Waals surface area contributed by atoms with E-state index in [0.29, 0.717) is 5.56 Å². The molecular weight excluding hydrogens is 301 g/mol. The van der Waals surface area contributed by atoms with E-state index < -0.39 is 0 Å². The summed E-state index contributed by atoms with van der Waals surface area (Å²) in [4.78, 5) is 0. The average molecular weight is 318 g/mol. The second-order valence-corrected chi connectivity index (χ2v) is 5.77. The fourth-order valence-corrected chi connectivity index (χ4v) is 2.44. The van der Waals surface area contributed by atoms with Crippen molar-refractivity contribution < 1.29 is 4.39 Å². The van der Waals surface area contributed by atoms with Gasteiger partial charge in [-0.3, -0.25) is 0 Å². The van der Waals surface area contributed by atoms with Crippen LogP contribution in [0.1, 0.15) is 18.5 Å². The van der Waals surface area contributed by atoms with Crippen molar-refractivity contribution in [3.05, 3.63) is 46.7 Å². The van der Waals surface area contributed by atoms with Crippen LogP contribution in [0.4, 0.5) is 4.39 Å². The summed E-state index contributed by atoms with van der Waals surface area (Å²) in [6, 6.07) is 5.05. The molecule has 0 radical (unpaired) electrons. The molecule has 94 valence electrons. The molecule has 0 aliphatic heterocycles. The molecule has 1 nitrogen and oxygen atoms in total. The lowest BCUT2D eigenvalue weighted by Gasteiger charge is -2.15. The molecule has 1 unspecified atom stereocenters. The van der Waals surface area contributed by atoms with Crippen LogP contribution in [0.2, 0.25) is 0 Å². The predicted octanol–water partition coefficient (Wildman–Crippen LogP) is 4.16. The zero-order chi connectivity index (χ0) is 12.7. The Kier molecular flexibility index (Phi) is 6.85. The summed E-state index contributed by atoms with van der Waals surface area (Å²) in [6.07, 6.45) is 1.89. The van der Waals surface area contributed by atoms with Crippen LogP contribution >= 0.6 is 27.7 Å². The minimum absolute atomic E-state index is 0.0248. The molecule has 1 aromatic rings. The molecule has 0 saturated heterocycles. The van der Waals surface area contributed by atoms with E-state index in [9.17, 15) is 4.39 Å². The predicted molar refractivity (Wildman–Crippen MR) is 78.0 cm³/mol. The summed E-state index contributed by atoms with van der Waals surface area (Å²) in [5.74, 6) is 1.81. The highest BCUT2D eigenvalue weighted by Gasteiger charge is 2.10. The Bertz CT molecular complexity index is 370. The van der Waals surface area contributed by atoms with Crippen LogP contribution in [0.5, 0.6) is 0 Å². The lowest BCUT2D eigenvalue weighted by molar-refractivity contribution is 0.542. The first-order valence-electron chi connectivity index (χ1n) is 5.52. The quantitative estimate of drug-likeness (QED) is 0.598. The van der Waals surface area contributed by atoms with Crippen LogP contribution in [0.25, 0.3) is 0 Å². The smallest absolute Gasteiger partial charge is 0.128 e. The highest BCUT2D eigenvalue weighted by Crippen LogP contribution is 2.21. The van der Waals surface area contributed by atoms with E-state index in [2.05, 4.69) is 27.8 Å². The second-order valence-electron chi connectivity index (χ2n) is 3.71. The zero-order valence-electron chi connectivity index (χ0n) is 9.88. The Balaban J connectivity index is 2.43. The van der Waals surface area contributed by atoms with Crippen molar-refractivity contribution in [1.82, 2.24) is 5.32 Å². The summed E-state index contributed by atoms with van der Waals surface area (Å²) < 4.78 is 14.5. The van der Waals surface area contributed by atoms with Gasteiger partial charge in [-0.2, -0.15) is 11.8 Å². The van der Waals surface area contributed by atoms with Gasteiger partial charge in [-0.05, 0) is 25.1 Å². The average Bonchev–Trinajstić information content (AvgIpc) is 2.32. The van der Waals surface area contributed by atoms with Gasteiger partial charge in [0.25, 0.3) is 0 Å². The Labute approximate surface area is 115 Å². The van der Waals surface area contributed by atoms with E-state index in [-0.39, 0.29) is 11.9 Å². The Morgan fingerprint density at radius 3 is 3.06 bits per heavy atom. The Morgan fingerprint density at radius 2 is 2.35 bits per heavy atom. The fraction of sp³-hybridized carbons (Fsp3) is 0.385. The molecule has 0 aliphatic rings. The van der Waals surface area contributed by atoms with E-state index >= 15 is 0 Å². The van der Waals surface area contributed by atoms with Gasteiger partial charge in [0.2, 0.25) is 0 Å². The maximum atomic E-state index is 13.6. The number of thioether (sulfide) groups is 1. The van der Waals surface area contributed by atoms with Crippen molar-refractivity contribution in [2.24, 2.45) is 0 Å². The molecule has 1 atom stereocenters. The van der Waals surface area contributed by atoms with Crippen LogP contribution in [0.15, 0.2) is 35.3 Å². The van der Waals surface area contributed by atoms with Gasteiger partial charge in [0.15, 0.2) is 0 Å². The van der Waals surface area contributed by atoms with E-state index in [0.717, 1.165) is 22.5 Å². The van der Waals surface area contributed by atoms with Crippen molar-refractivity contribution in [3.8, 4) is 0 Å². The van der Waals surface area contributed by atoms with Crippen LogP contribution in [0.3, 0.4) is 0 Å². The summed E-state index contributed by atoms with van der Waals surface area (Å²) in [7, 11) is 0. The molecule has 4 heteroatoms. The summed E-state index contributed by atoms with van der Waals surface area (Å²) in [5, 5.41) is 3.31. The molecule has 1 aromatic carbocycles. The lowest BCUT2D eigenvalue weighted by atomic mass is 10.1. The number of nitrogens with one attached hydrogen (secondary N) is 1. The summed E-state index contributed by atoms with van der Waals surface area (Å²) in [5.41, 5.74) is 0.702. The topological polar surface area (TPSA) is 12.0 Å². The third-order valence-corrected chi connectivity index (χ3v) is 3.81. The van der Waals surface area contributed by atoms with Crippen molar-refractivity contribution in [1.29, 1.82) is 0 Å². The molecule has 0 aliphatic carbocycles. The SMILES string of the molecule is C=CCSCCNC(C)c1cc(Br)ccc1F. The van der Waals surface area contributed by atoms with E-state index in [1.165, 1.54) is 6.07 Å². The normalized spacial score (nSPS) is 12.4. The van der Waals surface area contributed by atoms with Gasteiger partial charge >= 0.3 is 0 Å². The maximum absolute atomic E-state index is 13.6. The first-order valence-corrected chi connectivity index (χ1v) is 7.47. The van der Waals surface area contributed by atoms with Gasteiger partial charge in [0, 0.05) is 34.1 Å². The molecule has 0 spiro atoms. The van der Waals surface area contributed by atoms with E-state index in [1.807, 2.05) is 30.8 Å². The number of benzene rings is 1. The fourth-order valence-electron chi connectivity index (χ4n) is 1.47.